The number of halogens is 4. The normalized spacial score (nSPS) is 16.5. The van der Waals surface area contributed by atoms with E-state index in [1.807, 2.05) is 0 Å². The summed E-state index contributed by atoms with van der Waals surface area (Å²) in [6.07, 6.45) is 0.388. The Morgan fingerprint density at radius 3 is 1.67 bits per heavy atom. The zero-order valence-electron chi connectivity index (χ0n) is 41.7. The fourth-order valence-corrected chi connectivity index (χ4v) is 6.47. The predicted octanol–water partition coefficient (Wildman–Crippen LogP) is -0.261. The molecule has 0 saturated carbocycles. The van der Waals surface area contributed by atoms with Crippen molar-refractivity contribution >= 4 is 59.2 Å². The topological polar surface area (TPSA) is 283 Å². The van der Waals surface area contributed by atoms with E-state index in [0.29, 0.717) is 37.4 Å². The molecule has 0 spiro atoms. The number of nitrogens with two attached hydrogens (primary N) is 2. The SMILES string of the molecule is C.CCOC(=O)c1nc(-c2cccc(C#C[C@]3(O)CCN(C)C3=O)c2)nc(OCCOC)c1N.CN1CC[C@@](O)(C#Cc2cccc([B-](F)(F)F)c2)C1=O.COCCOC(=O)c1nc(Cl)nc(OCCOC)c1N.[K+]. The summed E-state index contributed by atoms with van der Waals surface area (Å²) in [4.78, 5) is 66.9. The average molecular weight is 1100 g/mol. The number of likely N-dealkylation sites (tertiary alicyclic amines) is 2. The fraction of sp³-hybridized carbons (Fsp3) is 0.417. The van der Waals surface area contributed by atoms with Crippen molar-refractivity contribution in [1.82, 2.24) is 29.7 Å². The van der Waals surface area contributed by atoms with Gasteiger partial charge in [0.1, 0.15) is 31.2 Å². The Kier molecular flexibility index (Phi) is 26.9. The number of anilines is 2. The summed E-state index contributed by atoms with van der Waals surface area (Å²) in [5.41, 5.74) is 8.42. The monoisotopic (exact) mass is 1100 g/mol. The van der Waals surface area contributed by atoms with Gasteiger partial charge >= 0.3 is 70.3 Å². The van der Waals surface area contributed by atoms with Crippen LogP contribution in [0.25, 0.3) is 11.4 Å². The van der Waals surface area contributed by atoms with Crippen LogP contribution < -0.4 is 77.8 Å². The minimum atomic E-state index is -5.09. The van der Waals surface area contributed by atoms with Crippen LogP contribution in [0.1, 0.15) is 59.3 Å². The molecule has 75 heavy (non-hydrogen) atoms. The van der Waals surface area contributed by atoms with Gasteiger partial charge in [-0.25, -0.2) is 19.6 Å². The first-order valence-electron chi connectivity index (χ1n) is 22.1. The quantitative estimate of drug-likeness (QED) is 0.0370. The van der Waals surface area contributed by atoms with Gasteiger partial charge in [-0.1, -0.05) is 61.4 Å². The van der Waals surface area contributed by atoms with Crippen molar-refractivity contribution in [2.45, 2.75) is 38.4 Å². The number of hydrogen-bond acceptors (Lipinski definition) is 19. The number of nitrogens with zero attached hydrogens (tertiary/aromatic N) is 6. The number of nitrogen functional groups attached to an aromatic ring is 2. The van der Waals surface area contributed by atoms with E-state index in [4.69, 9.17) is 56.2 Å². The van der Waals surface area contributed by atoms with Crippen LogP contribution in [0.5, 0.6) is 11.8 Å². The summed E-state index contributed by atoms with van der Waals surface area (Å²) >= 11 is 5.72. The van der Waals surface area contributed by atoms with Gasteiger partial charge in [-0.15, -0.1) is 5.46 Å². The number of carbonyl (C=O) groups excluding carboxylic acids is 4. The molecule has 400 valence electrons. The summed E-state index contributed by atoms with van der Waals surface area (Å²) in [7, 11) is 7.70. The van der Waals surface area contributed by atoms with Gasteiger partial charge in [0.05, 0.1) is 26.4 Å². The number of amides is 2. The van der Waals surface area contributed by atoms with E-state index in [1.165, 1.54) is 50.3 Å². The molecule has 4 aromatic rings. The molecule has 0 bridgehead atoms. The maximum atomic E-state index is 12.6. The van der Waals surface area contributed by atoms with E-state index in [1.54, 1.807) is 38.2 Å². The molecule has 6 rings (SSSR count). The molecule has 21 nitrogen and oxygen atoms in total. The van der Waals surface area contributed by atoms with E-state index in [9.17, 15) is 42.3 Å². The van der Waals surface area contributed by atoms with Crippen LogP contribution in [0.15, 0.2) is 48.5 Å². The van der Waals surface area contributed by atoms with Crippen molar-refractivity contribution in [3.63, 3.8) is 0 Å². The Morgan fingerprint density at radius 1 is 0.720 bits per heavy atom. The molecule has 0 radical (unpaired) electrons. The Balaban J connectivity index is 0.000000400. The summed E-state index contributed by atoms with van der Waals surface area (Å²) in [5.74, 6) is 8.22. The van der Waals surface area contributed by atoms with Crippen LogP contribution in [0.3, 0.4) is 0 Å². The second-order valence-electron chi connectivity index (χ2n) is 15.7. The number of likely N-dealkylation sites (N-methyl/N-ethyl adjacent to an activating group) is 2. The minimum absolute atomic E-state index is 0. The molecule has 2 atom stereocenters. The van der Waals surface area contributed by atoms with Crippen LogP contribution in [0, 0.1) is 23.7 Å². The molecular weight excluding hydrogens is 1040 g/mol. The number of benzene rings is 2. The van der Waals surface area contributed by atoms with E-state index in [-0.39, 0.29) is 156 Å². The molecule has 6 N–H and O–H groups in total. The number of hydrogen-bond donors (Lipinski definition) is 4. The third-order valence-electron chi connectivity index (χ3n) is 10.3. The number of aromatic nitrogens is 4. The van der Waals surface area contributed by atoms with E-state index in [2.05, 4.69) is 43.6 Å². The largest absolute Gasteiger partial charge is 1.00 e. The van der Waals surface area contributed by atoms with Crippen molar-refractivity contribution in [2.75, 3.05) is 106 Å². The fourth-order valence-electron chi connectivity index (χ4n) is 6.31. The number of methoxy groups -OCH3 is 3. The van der Waals surface area contributed by atoms with Gasteiger partial charge in [0.15, 0.2) is 17.2 Å². The zero-order chi connectivity index (χ0) is 53.9. The molecular formula is C48H58BClF3KN8O13. The van der Waals surface area contributed by atoms with Crippen molar-refractivity contribution in [2.24, 2.45) is 0 Å². The van der Waals surface area contributed by atoms with Gasteiger partial charge in [0.2, 0.25) is 28.2 Å². The molecule has 2 aromatic carbocycles. The number of esters is 2. The number of ether oxygens (including phenoxy) is 7. The third-order valence-corrected chi connectivity index (χ3v) is 10.4. The molecule has 27 heteroatoms. The molecule has 2 fully saturated rings. The minimum Gasteiger partial charge on any atom is -0.474 e. The summed E-state index contributed by atoms with van der Waals surface area (Å²) < 4.78 is 73.2. The molecule has 2 aromatic heterocycles. The second kappa shape index (κ2) is 30.8. The average Bonchev–Trinajstić information content (AvgIpc) is 3.78. The first-order valence-corrected chi connectivity index (χ1v) is 22.5. The van der Waals surface area contributed by atoms with Crippen molar-refractivity contribution in [1.29, 1.82) is 0 Å². The summed E-state index contributed by atoms with van der Waals surface area (Å²) in [6.45, 7) is -1.08. The van der Waals surface area contributed by atoms with Crippen LogP contribution >= 0.6 is 11.6 Å². The predicted molar refractivity (Wildman–Crippen MR) is 266 cm³/mol. The van der Waals surface area contributed by atoms with Crippen LogP contribution in [-0.4, -0.2) is 177 Å². The summed E-state index contributed by atoms with van der Waals surface area (Å²) in [5, 5.41) is 20.4. The smallest absolute Gasteiger partial charge is 0.474 e. The van der Waals surface area contributed by atoms with Crippen LogP contribution in [0.2, 0.25) is 5.28 Å². The number of rotatable bonds is 16. The molecule has 2 amide bonds. The second-order valence-corrected chi connectivity index (χ2v) is 16.0. The van der Waals surface area contributed by atoms with Gasteiger partial charge in [-0.3, -0.25) is 9.59 Å². The molecule has 0 aliphatic carbocycles. The van der Waals surface area contributed by atoms with Gasteiger partial charge in [0.25, 0.3) is 11.8 Å². The maximum absolute atomic E-state index is 12.6. The molecule has 2 aliphatic heterocycles. The molecule has 2 aliphatic rings. The van der Waals surface area contributed by atoms with Gasteiger partial charge in [0, 0.05) is 78.0 Å². The Labute approximate surface area is 479 Å². The number of aliphatic hydroxyl groups is 2. The standard InChI is InChI=1S/C23H26N4O6.C13H12BF3NO2.C11H16ClN3O5.CH4.K/c1-4-32-21(28)18-17(24)20(33-13-12-31-3)26-19(25-18)16-7-5-6-15(14-16)8-9-23(30)10-11-27(2)22(23)29;1-18-8-7-13(20,12(18)19)6-5-10-3-2-4-11(9-10)14(15,16)17;1-17-3-5-19-9-7(13)8(14-11(12)15-9)10(16)20-6-4-18-2;;/h5-7,14,30H,4,10-13,24H2,1-3H3;2-4,9,20H,7-8H2,1H3;3-6,13H2,1-2H3;1H4;/q;-1;;;+1/t23-;13-;;;/m00.../s1. The first-order chi connectivity index (χ1) is 34.6. The van der Waals surface area contributed by atoms with Gasteiger partial charge < -0.3 is 77.6 Å². The molecule has 4 heterocycles. The van der Waals surface area contributed by atoms with Crippen molar-refractivity contribution in [3.05, 3.63) is 76.3 Å². The van der Waals surface area contributed by atoms with Crippen molar-refractivity contribution < 1.29 is 127 Å². The Hall–Kier alpha value is -5.62. The van der Waals surface area contributed by atoms with Gasteiger partial charge in [-0.2, -0.15) is 9.97 Å². The number of carbonyl (C=O) groups is 4. The van der Waals surface area contributed by atoms with Crippen LogP contribution in [0.4, 0.5) is 24.3 Å². The van der Waals surface area contributed by atoms with Crippen molar-refractivity contribution in [3.8, 4) is 46.8 Å². The zero-order valence-corrected chi connectivity index (χ0v) is 45.6. The van der Waals surface area contributed by atoms with E-state index in [0.717, 1.165) is 12.1 Å². The Morgan fingerprint density at radius 2 is 1.19 bits per heavy atom. The molecule has 0 unspecified atom stereocenters. The third kappa shape index (κ3) is 18.9. The van der Waals surface area contributed by atoms with E-state index >= 15 is 0 Å². The Bertz CT molecular complexity index is 2750. The van der Waals surface area contributed by atoms with Crippen LogP contribution in [-0.2, 0) is 33.3 Å². The van der Waals surface area contributed by atoms with E-state index < -0.39 is 47.4 Å². The first kappa shape index (κ1) is 65.5. The molecule has 2 saturated heterocycles. The maximum Gasteiger partial charge on any atom is 1.00 e. The van der Waals surface area contributed by atoms with Gasteiger partial charge in [-0.05, 0) is 36.7 Å². The summed E-state index contributed by atoms with van der Waals surface area (Å²) in [6, 6.07) is 11.4.